The van der Waals surface area contributed by atoms with Crippen LogP contribution in [-0.4, -0.2) is 19.9 Å². The number of benzene rings is 1. The lowest BCUT2D eigenvalue weighted by Gasteiger charge is -2.21. The van der Waals surface area contributed by atoms with Gasteiger partial charge in [-0.15, -0.1) is 0 Å². The summed E-state index contributed by atoms with van der Waals surface area (Å²) in [6.45, 7) is 6.49. The van der Waals surface area contributed by atoms with Crippen molar-refractivity contribution in [2.24, 2.45) is 0 Å². The van der Waals surface area contributed by atoms with Crippen LogP contribution in [0.4, 0.5) is 5.69 Å². The highest BCUT2D eigenvalue weighted by atomic mass is 35.5. The molecule has 0 heterocycles. The Bertz CT molecular complexity index is 387. The molecule has 2 nitrogen and oxygen atoms in total. The second kappa shape index (κ2) is 4.99. The summed E-state index contributed by atoms with van der Waals surface area (Å²) in [5.41, 5.74) is 2.51. The highest BCUT2D eigenvalue weighted by molar-refractivity contribution is 6.31. The van der Waals surface area contributed by atoms with Gasteiger partial charge in [0.05, 0.1) is 0 Å². The fourth-order valence-corrected chi connectivity index (χ4v) is 1.60. The van der Waals surface area contributed by atoms with Gasteiger partial charge in [-0.05, 0) is 25.1 Å². The number of hydrogen-bond donors (Lipinski definition) is 0. The number of carbonyl (C=O) groups is 1. The molecule has 1 aromatic carbocycles. The normalized spacial score (nSPS) is 9.80. The lowest BCUT2D eigenvalue weighted by molar-refractivity contribution is 0.112. The predicted molar refractivity (Wildman–Crippen MR) is 64.9 cm³/mol. The minimum absolute atomic E-state index is 0.629. The van der Waals surface area contributed by atoms with Gasteiger partial charge in [0.15, 0.2) is 6.29 Å². The van der Waals surface area contributed by atoms with E-state index < -0.39 is 0 Å². The number of aldehydes is 1. The van der Waals surface area contributed by atoms with Crippen LogP contribution < -0.4 is 4.90 Å². The molecule has 80 valence electrons. The van der Waals surface area contributed by atoms with Crippen molar-refractivity contribution in [1.82, 2.24) is 0 Å². The van der Waals surface area contributed by atoms with Gasteiger partial charge in [0, 0.05) is 29.9 Å². The van der Waals surface area contributed by atoms with Crippen molar-refractivity contribution in [2.45, 2.75) is 6.92 Å². The molecule has 0 fully saturated rings. The van der Waals surface area contributed by atoms with Crippen molar-refractivity contribution < 1.29 is 4.79 Å². The number of rotatable bonds is 4. The highest BCUT2D eigenvalue weighted by Crippen LogP contribution is 2.23. The zero-order valence-electron chi connectivity index (χ0n) is 8.96. The quantitative estimate of drug-likeness (QED) is 0.577. The highest BCUT2D eigenvalue weighted by Gasteiger charge is 2.07. The molecule has 0 amide bonds. The molecule has 15 heavy (non-hydrogen) atoms. The summed E-state index contributed by atoms with van der Waals surface area (Å²) < 4.78 is 0. The summed E-state index contributed by atoms with van der Waals surface area (Å²) in [4.78, 5) is 12.8. The average molecular weight is 224 g/mol. The molecule has 1 rings (SSSR count). The maximum atomic E-state index is 10.8. The molecule has 0 N–H and O–H groups in total. The van der Waals surface area contributed by atoms with Crippen LogP contribution in [0.25, 0.3) is 0 Å². The van der Waals surface area contributed by atoms with Crippen LogP contribution in [0.15, 0.2) is 30.4 Å². The topological polar surface area (TPSA) is 20.3 Å². The van der Waals surface area contributed by atoms with Gasteiger partial charge in [0.25, 0.3) is 0 Å². The van der Waals surface area contributed by atoms with Gasteiger partial charge in [-0.2, -0.15) is 0 Å². The summed E-state index contributed by atoms with van der Waals surface area (Å²) in [6.07, 6.45) is 0.834. The molecule has 0 aliphatic heterocycles. The third kappa shape index (κ3) is 3.10. The molecular formula is C12H14ClNO. The lowest BCUT2D eigenvalue weighted by atomic mass is 10.1. The first kappa shape index (κ1) is 11.8. The van der Waals surface area contributed by atoms with E-state index in [-0.39, 0.29) is 0 Å². The third-order valence-electron chi connectivity index (χ3n) is 2.04. The Balaban J connectivity index is 3.04. The molecule has 0 aliphatic rings. The van der Waals surface area contributed by atoms with Crippen LogP contribution >= 0.6 is 11.6 Å². The van der Waals surface area contributed by atoms with Gasteiger partial charge >= 0.3 is 0 Å². The number of likely N-dealkylation sites (N-methyl/N-ethyl adjacent to an activating group) is 1. The van der Waals surface area contributed by atoms with Crippen LogP contribution in [0.1, 0.15) is 17.3 Å². The molecule has 0 radical (unpaired) electrons. The predicted octanol–water partition coefficient (Wildman–Crippen LogP) is 3.16. The Morgan fingerprint density at radius 2 is 2.27 bits per heavy atom. The van der Waals surface area contributed by atoms with Crippen LogP contribution in [0, 0.1) is 0 Å². The smallest absolute Gasteiger partial charge is 0.152 e. The van der Waals surface area contributed by atoms with Gasteiger partial charge in [-0.25, -0.2) is 0 Å². The van der Waals surface area contributed by atoms with E-state index in [0.29, 0.717) is 17.1 Å². The summed E-state index contributed by atoms with van der Waals surface area (Å²) >= 11 is 5.89. The number of halogens is 1. The van der Waals surface area contributed by atoms with E-state index in [2.05, 4.69) is 6.58 Å². The van der Waals surface area contributed by atoms with Gasteiger partial charge in [-0.3, -0.25) is 4.79 Å². The fourth-order valence-electron chi connectivity index (χ4n) is 1.44. The SMILES string of the molecule is C=C(C)CN(C)c1cc(Cl)ccc1C=O. The molecule has 0 unspecified atom stereocenters. The Kier molecular flexibility index (Phi) is 3.92. The average Bonchev–Trinajstić information content (AvgIpc) is 2.16. The number of nitrogens with zero attached hydrogens (tertiary/aromatic N) is 1. The van der Waals surface area contributed by atoms with Crippen molar-refractivity contribution in [1.29, 1.82) is 0 Å². The van der Waals surface area contributed by atoms with E-state index in [1.165, 1.54) is 0 Å². The molecule has 0 spiro atoms. The van der Waals surface area contributed by atoms with Crippen molar-refractivity contribution in [3.63, 3.8) is 0 Å². The summed E-state index contributed by atoms with van der Waals surface area (Å²) in [6, 6.07) is 5.22. The largest absolute Gasteiger partial charge is 0.370 e. The van der Waals surface area contributed by atoms with E-state index in [9.17, 15) is 4.79 Å². The fraction of sp³-hybridized carbons (Fsp3) is 0.250. The second-order valence-electron chi connectivity index (χ2n) is 3.63. The molecule has 0 atom stereocenters. The van der Waals surface area contributed by atoms with Gasteiger partial charge in [0.2, 0.25) is 0 Å². The first-order chi connectivity index (χ1) is 7.04. The number of hydrogen-bond acceptors (Lipinski definition) is 2. The zero-order valence-corrected chi connectivity index (χ0v) is 9.71. The van der Waals surface area contributed by atoms with Gasteiger partial charge < -0.3 is 4.90 Å². The minimum Gasteiger partial charge on any atom is -0.370 e. The lowest BCUT2D eigenvalue weighted by Crippen LogP contribution is -2.20. The van der Waals surface area contributed by atoms with Crippen LogP contribution in [0.3, 0.4) is 0 Å². The maximum Gasteiger partial charge on any atom is 0.152 e. The van der Waals surface area contributed by atoms with E-state index in [1.807, 2.05) is 18.9 Å². The molecular weight excluding hydrogens is 210 g/mol. The van der Waals surface area contributed by atoms with Crippen molar-refractivity contribution in [3.05, 3.63) is 40.9 Å². The van der Waals surface area contributed by atoms with E-state index in [0.717, 1.165) is 17.5 Å². The standard InChI is InChI=1S/C12H14ClNO/c1-9(2)7-14(3)12-6-11(13)5-4-10(12)8-15/h4-6,8H,1,7H2,2-3H3. The zero-order chi connectivity index (χ0) is 11.4. The van der Waals surface area contributed by atoms with Crippen LogP contribution in [0.2, 0.25) is 5.02 Å². The summed E-state index contributed by atoms with van der Waals surface area (Å²) in [5, 5.41) is 0.629. The Morgan fingerprint density at radius 1 is 1.60 bits per heavy atom. The van der Waals surface area contributed by atoms with E-state index in [1.54, 1.807) is 18.2 Å². The van der Waals surface area contributed by atoms with E-state index in [4.69, 9.17) is 11.6 Å². The molecule has 0 bridgehead atoms. The van der Waals surface area contributed by atoms with E-state index >= 15 is 0 Å². The Morgan fingerprint density at radius 3 is 2.80 bits per heavy atom. The molecule has 3 heteroatoms. The van der Waals surface area contributed by atoms with Gasteiger partial charge in [-0.1, -0.05) is 23.8 Å². The second-order valence-corrected chi connectivity index (χ2v) is 4.07. The minimum atomic E-state index is 0.629. The molecule has 0 saturated heterocycles. The first-order valence-corrected chi connectivity index (χ1v) is 5.02. The first-order valence-electron chi connectivity index (χ1n) is 4.65. The van der Waals surface area contributed by atoms with Crippen LogP contribution in [0.5, 0.6) is 0 Å². The summed E-state index contributed by atoms with van der Waals surface area (Å²) in [7, 11) is 1.91. The number of carbonyl (C=O) groups excluding carboxylic acids is 1. The van der Waals surface area contributed by atoms with Crippen molar-refractivity contribution in [3.8, 4) is 0 Å². The molecule has 0 aromatic heterocycles. The number of anilines is 1. The van der Waals surface area contributed by atoms with Crippen molar-refractivity contribution >= 4 is 23.6 Å². The Labute approximate surface area is 95.2 Å². The molecule has 0 saturated carbocycles. The molecule has 0 aliphatic carbocycles. The monoisotopic (exact) mass is 223 g/mol. The molecule has 1 aromatic rings. The van der Waals surface area contributed by atoms with Gasteiger partial charge in [0.1, 0.15) is 0 Å². The van der Waals surface area contributed by atoms with Crippen molar-refractivity contribution in [2.75, 3.05) is 18.5 Å². The third-order valence-corrected chi connectivity index (χ3v) is 2.27. The van der Waals surface area contributed by atoms with Crippen LogP contribution in [-0.2, 0) is 0 Å². The Hall–Kier alpha value is -1.28. The maximum absolute atomic E-state index is 10.8. The summed E-state index contributed by atoms with van der Waals surface area (Å²) in [5.74, 6) is 0.